The molecule has 0 rings (SSSR count). The molecule has 0 bridgehead atoms. The molecular weight excluding hydrogens is 138 g/mol. The zero-order valence-corrected chi connectivity index (χ0v) is 7.13. The van der Waals surface area contributed by atoms with Gasteiger partial charge in [0.2, 0.25) is 6.41 Å². The van der Waals surface area contributed by atoms with Crippen molar-refractivity contribution in [2.24, 2.45) is 0 Å². The van der Waals surface area contributed by atoms with Gasteiger partial charge in [-0.3, -0.25) is 4.79 Å². The largest absolute Gasteiger partial charge is 0.356 e. The Hall–Kier alpha value is -1.05. The molecule has 0 aromatic carbocycles. The van der Waals surface area contributed by atoms with Crippen LogP contribution in [-0.2, 0) is 4.79 Å². The van der Waals surface area contributed by atoms with E-state index in [1.807, 2.05) is 26.0 Å². The second kappa shape index (κ2) is 5.71. The van der Waals surface area contributed by atoms with Crippen LogP contribution in [-0.4, -0.2) is 12.5 Å². The monoisotopic (exact) mass is 153 g/mol. The van der Waals surface area contributed by atoms with E-state index in [4.69, 9.17) is 0 Å². The first kappa shape index (κ1) is 9.95. The fraction of sp³-hybridized carbons (Fsp3) is 0.444. The van der Waals surface area contributed by atoms with Gasteiger partial charge in [0.1, 0.15) is 0 Å². The fourth-order valence-electron chi connectivity index (χ4n) is 0.872. The number of rotatable bonds is 5. The molecule has 1 N–H and O–H groups in total. The Labute approximate surface area is 68.0 Å². The normalized spacial score (nSPS) is 12.9. The minimum Gasteiger partial charge on any atom is -0.356 e. The van der Waals surface area contributed by atoms with Crippen LogP contribution in [0.3, 0.4) is 0 Å². The van der Waals surface area contributed by atoms with E-state index in [2.05, 4.69) is 11.9 Å². The Morgan fingerprint density at radius 2 is 2.36 bits per heavy atom. The van der Waals surface area contributed by atoms with Crippen molar-refractivity contribution < 1.29 is 4.79 Å². The summed E-state index contributed by atoms with van der Waals surface area (Å²) >= 11 is 0. The van der Waals surface area contributed by atoms with E-state index in [0.717, 1.165) is 12.0 Å². The highest BCUT2D eigenvalue weighted by atomic mass is 16.1. The Kier molecular flexibility index (Phi) is 5.17. The van der Waals surface area contributed by atoms with E-state index >= 15 is 0 Å². The molecule has 0 spiro atoms. The smallest absolute Gasteiger partial charge is 0.207 e. The lowest BCUT2D eigenvalue weighted by Crippen LogP contribution is -2.24. The minimum absolute atomic E-state index is 0.177. The third kappa shape index (κ3) is 5.40. The van der Waals surface area contributed by atoms with Crippen molar-refractivity contribution in [3.8, 4) is 0 Å². The highest BCUT2D eigenvalue weighted by molar-refractivity contribution is 5.46. The summed E-state index contributed by atoms with van der Waals surface area (Å²) in [5, 5.41) is 2.66. The molecule has 2 heteroatoms. The molecule has 0 aliphatic rings. The van der Waals surface area contributed by atoms with Crippen molar-refractivity contribution in [1.29, 1.82) is 0 Å². The molecule has 2 nitrogen and oxygen atoms in total. The van der Waals surface area contributed by atoms with E-state index in [9.17, 15) is 4.79 Å². The van der Waals surface area contributed by atoms with Crippen LogP contribution in [0, 0.1) is 0 Å². The quantitative estimate of drug-likeness (QED) is 0.472. The first-order valence-electron chi connectivity index (χ1n) is 3.71. The van der Waals surface area contributed by atoms with Gasteiger partial charge in [0.25, 0.3) is 0 Å². The SMILES string of the molecule is C=C(/C=C\C)CC(C)NC=O. The van der Waals surface area contributed by atoms with Gasteiger partial charge in [0.05, 0.1) is 0 Å². The second-order valence-corrected chi connectivity index (χ2v) is 2.55. The molecule has 0 aliphatic heterocycles. The lowest BCUT2D eigenvalue weighted by molar-refractivity contribution is -0.110. The molecule has 0 fully saturated rings. The Morgan fingerprint density at radius 3 is 2.82 bits per heavy atom. The summed E-state index contributed by atoms with van der Waals surface area (Å²) in [6.45, 7) is 7.72. The highest BCUT2D eigenvalue weighted by Crippen LogP contribution is 2.03. The van der Waals surface area contributed by atoms with Crippen LogP contribution < -0.4 is 5.32 Å². The van der Waals surface area contributed by atoms with Crippen LogP contribution in [0.4, 0.5) is 0 Å². The molecule has 1 unspecified atom stereocenters. The molecule has 0 heterocycles. The summed E-state index contributed by atoms with van der Waals surface area (Å²) in [6, 6.07) is 0.177. The molecule has 1 atom stereocenters. The molecule has 0 aliphatic carbocycles. The van der Waals surface area contributed by atoms with Crippen LogP contribution in [0.5, 0.6) is 0 Å². The van der Waals surface area contributed by atoms with Gasteiger partial charge in [-0.2, -0.15) is 0 Å². The lowest BCUT2D eigenvalue weighted by Gasteiger charge is -2.08. The van der Waals surface area contributed by atoms with Crippen molar-refractivity contribution in [3.63, 3.8) is 0 Å². The topological polar surface area (TPSA) is 29.1 Å². The van der Waals surface area contributed by atoms with E-state index < -0.39 is 0 Å². The summed E-state index contributed by atoms with van der Waals surface area (Å²) in [5.41, 5.74) is 1.04. The summed E-state index contributed by atoms with van der Waals surface area (Å²) < 4.78 is 0. The summed E-state index contributed by atoms with van der Waals surface area (Å²) in [6.07, 6.45) is 5.41. The summed E-state index contributed by atoms with van der Waals surface area (Å²) in [5.74, 6) is 0. The fourth-order valence-corrected chi connectivity index (χ4v) is 0.872. The maximum atomic E-state index is 10.00. The highest BCUT2D eigenvalue weighted by Gasteiger charge is 1.98. The standard InChI is InChI=1S/C9H15NO/c1-4-5-8(2)6-9(3)10-7-11/h4-5,7,9H,2,6H2,1,3H3,(H,10,11)/b5-4-. The molecule has 62 valence electrons. The minimum atomic E-state index is 0.177. The molecular formula is C9H15NO. The van der Waals surface area contributed by atoms with Crippen molar-refractivity contribution in [3.05, 3.63) is 24.3 Å². The van der Waals surface area contributed by atoms with Crippen LogP contribution in [0.15, 0.2) is 24.3 Å². The molecule has 0 aromatic rings. The summed E-state index contributed by atoms with van der Waals surface area (Å²) in [4.78, 5) is 10.00. The molecule has 0 aromatic heterocycles. The average Bonchev–Trinajstić information content (AvgIpc) is 1.87. The Morgan fingerprint density at radius 1 is 1.73 bits per heavy atom. The van der Waals surface area contributed by atoms with Crippen LogP contribution in [0.1, 0.15) is 20.3 Å². The first-order valence-corrected chi connectivity index (χ1v) is 3.71. The number of carbonyl (C=O) groups excluding carboxylic acids is 1. The van der Waals surface area contributed by atoms with Gasteiger partial charge in [-0.25, -0.2) is 0 Å². The number of hydrogen-bond acceptors (Lipinski definition) is 1. The molecule has 1 amide bonds. The van der Waals surface area contributed by atoms with E-state index in [-0.39, 0.29) is 6.04 Å². The third-order valence-electron chi connectivity index (χ3n) is 1.32. The first-order chi connectivity index (χ1) is 5.20. The molecule has 0 saturated carbocycles. The van der Waals surface area contributed by atoms with Crippen molar-refractivity contribution in [2.75, 3.05) is 0 Å². The number of amides is 1. The van der Waals surface area contributed by atoms with E-state index in [1.54, 1.807) is 0 Å². The van der Waals surface area contributed by atoms with Gasteiger partial charge in [-0.15, -0.1) is 0 Å². The van der Waals surface area contributed by atoms with Gasteiger partial charge in [0.15, 0.2) is 0 Å². The molecule has 0 saturated heterocycles. The lowest BCUT2D eigenvalue weighted by atomic mass is 10.1. The van der Waals surface area contributed by atoms with Crippen LogP contribution in [0.2, 0.25) is 0 Å². The van der Waals surface area contributed by atoms with Crippen LogP contribution in [0.25, 0.3) is 0 Å². The van der Waals surface area contributed by atoms with Gasteiger partial charge in [-0.05, 0) is 20.3 Å². The summed E-state index contributed by atoms with van der Waals surface area (Å²) in [7, 11) is 0. The predicted octanol–water partition coefficient (Wildman–Crippen LogP) is 1.64. The number of hydrogen-bond donors (Lipinski definition) is 1. The van der Waals surface area contributed by atoms with Crippen molar-refractivity contribution in [1.82, 2.24) is 5.32 Å². The number of allylic oxidation sites excluding steroid dienone is 2. The molecule has 0 radical (unpaired) electrons. The predicted molar refractivity (Wildman–Crippen MR) is 47.2 cm³/mol. The second-order valence-electron chi connectivity index (χ2n) is 2.55. The van der Waals surface area contributed by atoms with Gasteiger partial charge in [-0.1, -0.05) is 24.3 Å². The van der Waals surface area contributed by atoms with E-state index in [1.165, 1.54) is 0 Å². The van der Waals surface area contributed by atoms with Gasteiger partial charge >= 0.3 is 0 Å². The van der Waals surface area contributed by atoms with Crippen molar-refractivity contribution >= 4 is 6.41 Å². The van der Waals surface area contributed by atoms with E-state index in [0.29, 0.717) is 6.41 Å². The number of carbonyl (C=O) groups is 1. The van der Waals surface area contributed by atoms with Crippen molar-refractivity contribution in [2.45, 2.75) is 26.3 Å². The Bertz CT molecular complexity index is 161. The Balaban J connectivity index is 3.65. The molecule has 11 heavy (non-hydrogen) atoms. The maximum Gasteiger partial charge on any atom is 0.207 e. The maximum absolute atomic E-state index is 10.00. The third-order valence-corrected chi connectivity index (χ3v) is 1.32. The number of nitrogens with one attached hydrogen (secondary N) is 1. The zero-order valence-electron chi connectivity index (χ0n) is 7.13. The van der Waals surface area contributed by atoms with Gasteiger partial charge < -0.3 is 5.32 Å². The van der Waals surface area contributed by atoms with Crippen LogP contribution >= 0.6 is 0 Å². The zero-order chi connectivity index (χ0) is 8.69. The average molecular weight is 153 g/mol. The van der Waals surface area contributed by atoms with Gasteiger partial charge in [0, 0.05) is 6.04 Å².